The average Bonchev–Trinajstić information content (AvgIpc) is 3.42. The number of ether oxygens (including phenoxy) is 1. The van der Waals surface area contributed by atoms with Gasteiger partial charge in [-0.25, -0.2) is 9.78 Å². The van der Waals surface area contributed by atoms with Crippen LogP contribution in [0.5, 0.6) is 5.75 Å². The van der Waals surface area contributed by atoms with E-state index in [1.54, 1.807) is 29.5 Å². The van der Waals surface area contributed by atoms with Crippen LogP contribution in [0.15, 0.2) is 53.9 Å². The molecule has 0 saturated heterocycles. The van der Waals surface area contributed by atoms with Gasteiger partial charge in [0.15, 0.2) is 5.69 Å². The van der Waals surface area contributed by atoms with Crippen molar-refractivity contribution >= 4 is 34.8 Å². The molecule has 4 aromatic rings. The number of amides is 2. The number of carbonyl (C=O) groups excluding carboxylic acids is 2. The molecule has 1 fully saturated rings. The molecule has 2 amide bonds. The van der Waals surface area contributed by atoms with Crippen LogP contribution >= 0.6 is 11.3 Å². The van der Waals surface area contributed by atoms with Gasteiger partial charge in [-0.2, -0.15) is 0 Å². The molecule has 45 heavy (non-hydrogen) atoms. The van der Waals surface area contributed by atoms with Crippen LogP contribution in [-0.2, 0) is 13.0 Å². The third-order valence-corrected chi connectivity index (χ3v) is 9.74. The molecule has 5 N–H and O–H groups in total. The van der Waals surface area contributed by atoms with Crippen LogP contribution in [0.25, 0.3) is 21.6 Å². The first-order valence-electron chi connectivity index (χ1n) is 15.2. The number of anilines is 1. The fraction of sp³-hybridized carbons (Fsp3) is 0.314. The van der Waals surface area contributed by atoms with Gasteiger partial charge in [0.05, 0.1) is 6.61 Å². The van der Waals surface area contributed by atoms with Gasteiger partial charge in [-0.15, -0.1) is 11.3 Å². The van der Waals surface area contributed by atoms with E-state index >= 15 is 0 Å². The summed E-state index contributed by atoms with van der Waals surface area (Å²) >= 11 is 1.57. The van der Waals surface area contributed by atoms with Gasteiger partial charge in [0.1, 0.15) is 11.4 Å². The van der Waals surface area contributed by atoms with Crippen LogP contribution in [0.1, 0.15) is 87.1 Å². The summed E-state index contributed by atoms with van der Waals surface area (Å²) in [4.78, 5) is 45.3. The Bertz CT molecular complexity index is 1810. The van der Waals surface area contributed by atoms with Crippen LogP contribution in [0.4, 0.5) is 5.69 Å². The first-order chi connectivity index (χ1) is 21.7. The number of nitrogens with two attached hydrogens (primary N) is 1. The summed E-state index contributed by atoms with van der Waals surface area (Å²) in [7, 11) is 0. The van der Waals surface area contributed by atoms with E-state index < -0.39 is 17.8 Å². The highest BCUT2D eigenvalue weighted by atomic mass is 32.1. The third-order valence-electron chi connectivity index (χ3n) is 8.75. The van der Waals surface area contributed by atoms with E-state index in [4.69, 9.17) is 10.5 Å². The number of fused-ring (bicyclic) bond motifs is 3. The normalized spacial score (nSPS) is 15.2. The standard InChI is InChI=1S/C35H36N4O5S/c1-20-16-21(19-36)6-8-27(20)38-32(40)25-17-26-29(44-14-10-22-11-15-45-31(22)26)18-24(25)23-7-9-28(37-30(23)34(42)43)33(41)39-35(2)12-4-3-5-13-35/h6-9,11,15-18H,3-5,10,12-14,19,36H2,1-2H3,(H,38,40)(H,39,41)(H,42,43). The highest BCUT2D eigenvalue weighted by Gasteiger charge is 2.31. The Balaban J connectivity index is 1.45. The van der Waals surface area contributed by atoms with Crippen molar-refractivity contribution in [3.8, 4) is 27.3 Å². The fourth-order valence-electron chi connectivity index (χ4n) is 6.27. The Morgan fingerprint density at radius 3 is 2.53 bits per heavy atom. The maximum Gasteiger partial charge on any atom is 0.355 e. The second-order valence-corrected chi connectivity index (χ2v) is 13.0. The van der Waals surface area contributed by atoms with Crippen molar-refractivity contribution in [2.24, 2.45) is 5.73 Å². The van der Waals surface area contributed by atoms with E-state index in [1.807, 2.05) is 37.4 Å². The molecule has 2 aromatic heterocycles. The van der Waals surface area contributed by atoms with Gasteiger partial charge in [0.2, 0.25) is 0 Å². The van der Waals surface area contributed by atoms with Gasteiger partial charge >= 0.3 is 5.97 Å². The van der Waals surface area contributed by atoms with Crippen molar-refractivity contribution in [3.05, 3.63) is 87.6 Å². The van der Waals surface area contributed by atoms with Crippen molar-refractivity contribution in [1.82, 2.24) is 10.3 Å². The summed E-state index contributed by atoms with van der Waals surface area (Å²) in [5, 5.41) is 18.4. The van der Waals surface area contributed by atoms with Gasteiger partial charge in [-0.1, -0.05) is 31.4 Å². The molecule has 2 aromatic carbocycles. The van der Waals surface area contributed by atoms with Gasteiger partial charge in [0, 0.05) is 51.3 Å². The van der Waals surface area contributed by atoms with Crippen molar-refractivity contribution in [1.29, 1.82) is 0 Å². The third kappa shape index (κ3) is 6.21. The first kappa shape index (κ1) is 30.5. The Kier molecular flexibility index (Phi) is 8.44. The lowest BCUT2D eigenvalue weighted by atomic mass is 9.83. The minimum Gasteiger partial charge on any atom is -0.493 e. The van der Waals surface area contributed by atoms with Crippen LogP contribution in [0, 0.1) is 6.92 Å². The van der Waals surface area contributed by atoms with Crippen molar-refractivity contribution in [2.75, 3.05) is 11.9 Å². The molecule has 6 rings (SSSR count). The van der Waals surface area contributed by atoms with Gasteiger partial charge in [-0.05, 0) is 85.2 Å². The monoisotopic (exact) mass is 624 g/mol. The molecule has 0 spiro atoms. The number of nitrogens with one attached hydrogen (secondary N) is 2. The lowest BCUT2D eigenvalue weighted by molar-refractivity contribution is 0.0691. The lowest BCUT2D eigenvalue weighted by Gasteiger charge is -2.34. The zero-order valence-electron chi connectivity index (χ0n) is 25.4. The van der Waals surface area contributed by atoms with Crippen LogP contribution in [0.3, 0.4) is 0 Å². The molecular weight excluding hydrogens is 588 g/mol. The number of hydrogen-bond donors (Lipinski definition) is 4. The molecule has 9 nitrogen and oxygen atoms in total. The van der Waals surface area contributed by atoms with Crippen molar-refractivity contribution in [2.45, 2.75) is 64.5 Å². The van der Waals surface area contributed by atoms with E-state index in [0.717, 1.165) is 59.2 Å². The highest BCUT2D eigenvalue weighted by Crippen LogP contribution is 2.43. The molecule has 0 unspecified atom stereocenters. The van der Waals surface area contributed by atoms with Gasteiger partial charge < -0.3 is 26.2 Å². The SMILES string of the molecule is Cc1cc(CN)ccc1NC(=O)c1cc2c(cc1-c1ccc(C(=O)NC3(C)CCCCC3)nc1C(=O)O)OCCc1ccsc1-2. The largest absolute Gasteiger partial charge is 0.493 e. The number of aromatic carboxylic acids is 1. The smallest absolute Gasteiger partial charge is 0.355 e. The van der Waals surface area contributed by atoms with Gasteiger partial charge in [0.25, 0.3) is 11.8 Å². The minimum absolute atomic E-state index is 0.0128. The van der Waals surface area contributed by atoms with Crippen LogP contribution < -0.4 is 21.1 Å². The molecule has 2 aliphatic rings. The summed E-state index contributed by atoms with van der Waals surface area (Å²) in [6.45, 7) is 4.73. The predicted octanol–water partition coefficient (Wildman–Crippen LogP) is 6.58. The minimum atomic E-state index is -1.31. The van der Waals surface area contributed by atoms with E-state index in [9.17, 15) is 19.5 Å². The maximum atomic E-state index is 14.0. The number of aromatic nitrogens is 1. The Hall–Kier alpha value is -4.54. The second kappa shape index (κ2) is 12.5. The summed E-state index contributed by atoms with van der Waals surface area (Å²) < 4.78 is 6.14. The van der Waals surface area contributed by atoms with Crippen molar-refractivity contribution in [3.63, 3.8) is 0 Å². The summed E-state index contributed by atoms with van der Waals surface area (Å²) in [6.07, 6.45) is 5.61. The topological polar surface area (TPSA) is 144 Å². The van der Waals surface area contributed by atoms with Crippen LogP contribution in [0.2, 0.25) is 0 Å². The Morgan fingerprint density at radius 2 is 1.80 bits per heavy atom. The molecule has 3 heterocycles. The van der Waals surface area contributed by atoms with Crippen LogP contribution in [-0.4, -0.2) is 40.0 Å². The number of thiophene rings is 1. The predicted molar refractivity (Wildman–Crippen MR) is 175 cm³/mol. The number of carboxylic acid groups (broad SMARTS) is 1. The number of rotatable bonds is 7. The molecule has 10 heteroatoms. The molecule has 0 atom stereocenters. The van der Waals surface area contributed by atoms with E-state index in [0.29, 0.717) is 36.6 Å². The number of carbonyl (C=O) groups is 3. The number of nitrogens with zero attached hydrogens (tertiary/aromatic N) is 1. The first-order valence-corrected chi connectivity index (χ1v) is 16.1. The van der Waals surface area contributed by atoms with E-state index in [2.05, 4.69) is 21.7 Å². The Morgan fingerprint density at radius 1 is 1.00 bits per heavy atom. The zero-order chi connectivity index (χ0) is 31.7. The molecule has 232 valence electrons. The Labute approximate surface area is 265 Å². The second-order valence-electron chi connectivity index (χ2n) is 12.0. The molecule has 0 radical (unpaired) electrons. The van der Waals surface area contributed by atoms with E-state index in [1.165, 1.54) is 6.07 Å². The number of benzene rings is 2. The number of aryl methyl sites for hydroxylation is 1. The summed E-state index contributed by atoms with van der Waals surface area (Å²) in [6, 6.07) is 14.2. The number of hydrogen-bond acceptors (Lipinski definition) is 7. The van der Waals surface area contributed by atoms with E-state index in [-0.39, 0.29) is 28.1 Å². The fourth-order valence-corrected chi connectivity index (χ4v) is 7.25. The lowest BCUT2D eigenvalue weighted by Crippen LogP contribution is -2.47. The highest BCUT2D eigenvalue weighted by molar-refractivity contribution is 7.13. The molecular formula is C35H36N4O5S. The molecule has 1 aliphatic heterocycles. The molecule has 1 saturated carbocycles. The van der Waals surface area contributed by atoms with Crippen molar-refractivity contribution < 1.29 is 24.2 Å². The number of pyridine rings is 1. The summed E-state index contributed by atoms with van der Waals surface area (Å²) in [5.74, 6) is -1.59. The molecule has 0 bridgehead atoms. The average molecular weight is 625 g/mol. The molecule has 1 aliphatic carbocycles. The maximum absolute atomic E-state index is 14.0. The number of carboxylic acids is 1. The zero-order valence-corrected chi connectivity index (χ0v) is 26.2. The summed E-state index contributed by atoms with van der Waals surface area (Å²) in [5.41, 5.74) is 10.2. The quantitative estimate of drug-likeness (QED) is 0.182. The van der Waals surface area contributed by atoms with Gasteiger partial charge in [-0.3, -0.25) is 9.59 Å².